The summed E-state index contributed by atoms with van der Waals surface area (Å²) in [5.41, 5.74) is -4.72. The van der Waals surface area contributed by atoms with Crippen LogP contribution < -0.4 is 9.47 Å². The van der Waals surface area contributed by atoms with Crippen LogP contribution in [0.15, 0.2) is 93.5 Å². The second-order valence-electron chi connectivity index (χ2n) is 8.52. The number of carbonyl (C=O) groups excluding carboxylic acids is 1. The minimum absolute atomic E-state index is 0.243. The van der Waals surface area contributed by atoms with Gasteiger partial charge in [0.2, 0.25) is 14.7 Å². The summed E-state index contributed by atoms with van der Waals surface area (Å²) in [7, 11) is -3.37. The van der Waals surface area contributed by atoms with Crippen LogP contribution in [0.4, 0.5) is 13.2 Å². The van der Waals surface area contributed by atoms with E-state index in [1.165, 1.54) is 7.11 Å². The maximum Gasteiger partial charge on any atom is 0.485 e. The van der Waals surface area contributed by atoms with E-state index in [0.29, 0.717) is 0 Å². The number of ether oxygens (including phenoxy) is 3. The van der Waals surface area contributed by atoms with Crippen molar-refractivity contribution in [2.75, 3.05) is 14.2 Å². The summed E-state index contributed by atoms with van der Waals surface area (Å²) in [6.07, 6.45) is 0. The van der Waals surface area contributed by atoms with Crippen LogP contribution in [0.3, 0.4) is 0 Å². The zero-order valence-corrected chi connectivity index (χ0v) is 23.0. The predicted octanol–water partition coefficient (Wildman–Crippen LogP) is 6.38. The standard InChI is InChI=1S/C27H23O4S.CHF3O3S/c1-17(27(28)30-3)18-12-14-20-19(16-18)13-15-23(29-2)26(20)32-24-10-6-4-8-21(24)31-22-9-5-7-11-25(22)32;2-1(3,4)8(5,6)7/h4-17H,1-3H3;(H,5,6,7)/q+1;/p-1. The van der Waals surface area contributed by atoms with Gasteiger partial charge in [-0.05, 0) is 54.3 Å². The minimum atomic E-state index is -6.09. The third-order valence-electron chi connectivity index (χ3n) is 6.08. The first kappa shape index (κ1) is 29.2. The number of esters is 1. The quantitative estimate of drug-likeness (QED) is 0.103. The van der Waals surface area contributed by atoms with Gasteiger partial charge in [-0.1, -0.05) is 42.5 Å². The van der Waals surface area contributed by atoms with Gasteiger partial charge in [-0.15, -0.1) is 0 Å². The van der Waals surface area contributed by atoms with Crippen LogP contribution in [0, 0.1) is 0 Å². The summed E-state index contributed by atoms with van der Waals surface area (Å²) in [4.78, 5) is 15.5. The normalized spacial score (nSPS) is 13.7. The second-order valence-corrected chi connectivity index (χ2v) is 11.8. The molecule has 4 aromatic rings. The largest absolute Gasteiger partial charge is 0.741 e. The summed E-state index contributed by atoms with van der Waals surface area (Å²) in [5, 5.41) is 2.16. The molecule has 1 unspecified atom stereocenters. The Kier molecular flexibility index (Phi) is 8.33. The molecule has 40 heavy (non-hydrogen) atoms. The molecule has 1 aliphatic rings. The van der Waals surface area contributed by atoms with Gasteiger partial charge < -0.3 is 18.8 Å². The molecule has 0 bridgehead atoms. The fraction of sp³-hybridized carbons (Fsp3) is 0.179. The van der Waals surface area contributed by atoms with Gasteiger partial charge >= 0.3 is 11.5 Å². The first-order chi connectivity index (χ1) is 18.9. The summed E-state index contributed by atoms with van der Waals surface area (Å²) in [6.45, 7) is 1.87. The maximum absolute atomic E-state index is 12.1. The van der Waals surface area contributed by atoms with E-state index >= 15 is 0 Å². The van der Waals surface area contributed by atoms with Gasteiger partial charge in [-0.3, -0.25) is 4.79 Å². The van der Waals surface area contributed by atoms with Crippen molar-refractivity contribution in [3.05, 3.63) is 84.4 Å². The van der Waals surface area contributed by atoms with Crippen molar-refractivity contribution in [2.45, 2.75) is 33.0 Å². The highest BCUT2D eigenvalue weighted by Gasteiger charge is 2.42. The lowest BCUT2D eigenvalue weighted by Crippen LogP contribution is -2.21. The van der Waals surface area contributed by atoms with Crippen molar-refractivity contribution in [1.82, 2.24) is 0 Å². The number of methoxy groups -OCH3 is 2. The van der Waals surface area contributed by atoms with Crippen molar-refractivity contribution in [2.24, 2.45) is 0 Å². The van der Waals surface area contributed by atoms with Crippen LogP contribution in [-0.4, -0.2) is 38.7 Å². The number of para-hydroxylation sites is 2. The number of halogens is 3. The predicted molar refractivity (Wildman–Crippen MR) is 142 cm³/mol. The van der Waals surface area contributed by atoms with Gasteiger partial charge in [0.1, 0.15) is 10.9 Å². The van der Waals surface area contributed by atoms with Gasteiger partial charge in [0.05, 0.1) is 20.1 Å². The van der Waals surface area contributed by atoms with Gasteiger partial charge in [-0.2, -0.15) is 13.2 Å². The molecule has 12 heteroatoms. The number of rotatable bonds is 4. The van der Waals surface area contributed by atoms with Gasteiger partial charge in [0.15, 0.2) is 27.4 Å². The van der Waals surface area contributed by atoms with Crippen LogP contribution >= 0.6 is 0 Å². The molecule has 0 amide bonds. The monoisotopic (exact) mass is 592 g/mol. The zero-order valence-electron chi connectivity index (χ0n) is 21.4. The Hall–Kier alpha value is -3.74. The number of fused-ring (bicyclic) bond motifs is 3. The Morgan fingerprint density at radius 1 is 0.925 bits per heavy atom. The van der Waals surface area contributed by atoms with E-state index < -0.39 is 26.5 Å². The molecule has 0 aliphatic carbocycles. The minimum Gasteiger partial charge on any atom is -0.741 e. The van der Waals surface area contributed by atoms with Gasteiger partial charge in [0.25, 0.3) is 0 Å². The van der Waals surface area contributed by atoms with E-state index in [4.69, 9.17) is 27.2 Å². The van der Waals surface area contributed by atoms with Crippen molar-refractivity contribution in [3.8, 4) is 17.2 Å². The highest BCUT2D eigenvalue weighted by atomic mass is 32.2. The van der Waals surface area contributed by atoms with Crippen molar-refractivity contribution in [1.29, 1.82) is 0 Å². The van der Waals surface area contributed by atoms with Crippen LogP contribution in [0.1, 0.15) is 18.4 Å². The van der Waals surface area contributed by atoms with E-state index in [-0.39, 0.29) is 11.9 Å². The molecule has 0 radical (unpaired) electrons. The Balaban J connectivity index is 0.000000406. The molecule has 1 atom stereocenters. The first-order valence-electron chi connectivity index (χ1n) is 11.7. The molecule has 0 saturated heterocycles. The summed E-state index contributed by atoms with van der Waals surface area (Å²) < 4.78 is 75.9. The molecule has 0 N–H and O–H groups in total. The SMILES string of the molecule is COC(=O)C(C)c1ccc2c([S+]3c4ccccc4Oc4ccccc43)c(OC)ccc2c1.O=S(=O)([O-])C(F)(F)F. The van der Waals surface area contributed by atoms with E-state index in [1.807, 2.05) is 61.5 Å². The van der Waals surface area contributed by atoms with Crippen LogP contribution in [-0.2, 0) is 30.5 Å². The molecule has 210 valence electrons. The lowest BCUT2D eigenvalue weighted by atomic mass is 9.98. The van der Waals surface area contributed by atoms with Crippen molar-refractivity contribution in [3.63, 3.8) is 0 Å². The molecule has 0 fully saturated rings. The van der Waals surface area contributed by atoms with Gasteiger partial charge in [-0.25, -0.2) is 8.42 Å². The Labute approximate surface area is 231 Å². The van der Waals surface area contributed by atoms with Crippen LogP contribution in [0.25, 0.3) is 10.8 Å². The lowest BCUT2D eigenvalue weighted by molar-refractivity contribution is -0.142. The lowest BCUT2D eigenvalue weighted by Gasteiger charge is -2.21. The van der Waals surface area contributed by atoms with E-state index in [9.17, 15) is 18.0 Å². The summed E-state index contributed by atoms with van der Waals surface area (Å²) in [5.74, 6) is 1.99. The summed E-state index contributed by atoms with van der Waals surface area (Å²) >= 11 is 0. The highest BCUT2D eigenvalue weighted by molar-refractivity contribution is 7.97. The topological polar surface area (TPSA) is 102 Å². The number of hydrogen-bond donors (Lipinski definition) is 0. The molecule has 4 aromatic carbocycles. The molecule has 1 heterocycles. The van der Waals surface area contributed by atoms with Gasteiger partial charge in [0, 0.05) is 5.39 Å². The maximum atomic E-state index is 12.1. The first-order valence-corrected chi connectivity index (χ1v) is 14.3. The fourth-order valence-electron chi connectivity index (χ4n) is 4.12. The molecule has 7 nitrogen and oxygen atoms in total. The van der Waals surface area contributed by atoms with Crippen LogP contribution in [0.5, 0.6) is 17.2 Å². The third-order valence-corrected chi connectivity index (χ3v) is 9.03. The Morgan fingerprint density at radius 3 is 1.98 bits per heavy atom. The highest BCUT2D eigenvalue weighted by Crippen LogP contribution is 2.50. The molecular formula is C28H23F3O7S2. The van der Waals surface area contributed by atoms with E-state index in [2.05, 4.69) is 24.3 Å². The molecule has 1 aliphatic heterocycles. The molecule has 0 saturated carbocycles. The average molecular weight is 593 g/mol. The molecular weight excluding hydrogens is 569 g/mol. The number of alkyl halides is 3. The Bertz CT molecular complexity index is 1630. The second kappa shape index (κ2) is 11.4. The van der Waals surface area contributed by atoms with Crippen LogP contribution in [0.2, 0.25) is 0 Å². The third kappa shape index (κ3) is 5.74. The molecule has 0 aromatic heterocycles. The zero-order chi connectivity index (χ0) is 29.2. The smallest absolute Gasteiger partial charge is 0.485 e. The number of hydrogen-bond acceptors (Lipinski definition) is 7. The van der Waals surface area contributed by atoms with Crippen molar-refractivity contribution >= 4 is 37.8 Å². The average Bonchev–Trinajstić information content (AvgIpc) is 2.93. The molecule has 5 rings (SSSR count). The Morgan fingerprint density at radius 2 is 1.48 bits per heavy atom. The number of carbonyl (C=O) groups is 1. The van der Waals surface area contributed by atoms with Crippen molar-refractivity contribution < 1.29 is 45.1 Å². The van der Waals surface area contributed by atoms with E-state index in [0.717, 1.165) is 48.3 Å². The molecule has 0 spiro atoms. The summed E-state index contributed by atoms with van der Waals surface area (Å²) in [6, 6.07) is 26.6. The number of benzene rings is 4. The fourth-order valence-corrected chi connectivity index (χ4v) is 6.60. The van der Waals surface area contributed by atoms with E-state index in [1.54, 1.807) is 7.11 Å².